The van der Waals surface area contributed by atoms with Gasteiger partial charge in [-0.25, -0.2) is 4.79 Å². The average Bonchev–Trinajstić information content (AvgIpc) is 3.06. The van der Waals surface area contributed by atoms with E-state index in [-0.39, 0.29) is 5.56 Å². The van der Waals surface area contributed by atoms with Crippen molar-refractivity contribution in [2.75, 3.05) is 31.1 Å². The number of carboxylic acid groups (broad SMARTS) is 2. The molecule has 7 nitrogen and oxygen atoms in total. The summed E-state index contributed by atoms with van der Waals surface area (Å²) in [6.45, 7) is 7.00. The molecule has 0 amide bonds. The Morgan fingerprint density at radius 1 is 1.00 bits per heavy atom. The van der Waals surface area contributed by atoms with Gasteiger partial charge in [-0.15, -0.1) is 0 Å². The highest BCUT2D eigenvalue weighted by molar-refractivity contribution is 5.96. The number of aliphatic carboxylic acids is 1. The van der Waals surface area contributed by atoms with Gasteiger partial charge in [0.2, 0.25) is 0 Å². The maximum atomic E-state index is 12.3. The maximum Gasteiger partial charge on any atom is 0.335 e. The van der Waals surface area contributed by atoms with Crippen molar-refractivity contribution < 1.29 is 19.8 Å². The Morgan fingerprint density at radius 2 is 1.71 bits per heavy atom. The lowest BCUT2D eigenvalue weighted by molar-refractivity contribution is -0.143. The Hall–Kier alpha value is -3.32. The highest BCUT2D eigenvalue weighted by atomic mass is 16.4. The molecular formula is C24H27N3O4. The smallest absolute Gasteiger partial charge is 0.335 e. The van der Waals surface area contributed by atoms with E-state index in [1.807, 2.05) is 18.1 Å². The van der Waals surface area contributed by atoms with Crippen molar-refractivity contribution >= 4 is 28.5 Å². The van der Waals surface area contributed by atoms with E-state index in [2.05, 4.69) is 36.9 Å². The zero-order valence-corrected chi connectivity index (χ0v) is 18.0. The number of anilines is 1. The van der Waals surface area contributed by atoms with E-state index in [4.69, 9.17) is 0 Å². The maximum absolute atomic E-state index is 12.3. The second-order valence-corrected chi connectivity index (χ2v) is 8.22. The lowest BCUT2D eigenvalue weighted by Crippen LogP contribution is -2.49. The third-order valence-electron chi connectivity index (χ3n) is 6.39. The predicted molar refractivity (Wildman–Crippen MR) is 120 cm³/mol. The highest BCUT2D eigenvalue weighted by Gasteiger charge is 2.33. The van der Waals surface area contributed by atoms with E-state index in [0.29, 0.717) is 18.7 Å². The minimum absolute atomic E-state index is 0.189. The van der Waals surface area contributed by atoms with Crippen molar-refractivity contribution in [2.45, 2.75) is 19.9 Å². The molecule has 162 valence electrons. The van der Waals surface area contributed by atoms with Crippen LogP contribution in [0.3, 0.4) is 0 Å². The Bertz CT molecular complexity index is 1160. The third-order valence-corrected chi connectivity index (χ3v) is 6.39. The van der Waals surface area contributed by atoms with E-state index in [0.717, 1.165) is 24.0 Å². The first kappa shape index (κ1) is 20.9. The standard InChI is InChI=1S/C24H27N3O4/c1-15-5-4-6-20(16(15)2)26-9-11-27(12-10-26)22(24(30)31)19-14-25(3)21-13-17(23(28)29)7-8-18(19)21/h4-8,13-14,22H,9-12H2,1-3H3,(H,28,29)(H,30,31)/t22-/m0/s1. The third kappa shape index (κ3) is 3.77. The van der Waals surface area contributed by atoms with Crippen molar-refractivity contribution in [2.24, 2.45) is 7.05 Å². The van der Waals surface area contributed by atoms with Crippen LogP contribution in [-0.2, 0) is 11.8 Å². The van der Waals surface area contributed by atoms with Gasteiger partial charge in [0, 0.05) is 61.6 Å². The second kappa shape index (κ2) is 8.07. The number of aryl methyl sites for hydroxylation is 2. The number of hydrogen-bond acceptors (Lipinski definition) is 4. The van der Waals surface area contributed by atoms with Crippen LogP contribution in [0.2, 0.25) is 0 Å². The van der Waals surface area contributed by atoms with Crippen molar-refractivity contribution in [1.29, 1.82) is 0 Å². The topological polar surface area (TPSA) is 86.0 Å². The Morgan fingerprint density at radius 3 is 2.35 bits per heavy atom. The zero-order valence-electron chi connectivity index (χ0n) is 18.0. The van der Waals surface area contributed by atoms with Gasteiger partial charge in [-0.2, -0.15) is 0 Å². The molecule has 31 heavy (non-hydrogen) atoms. The number of aromatic carboxylic acids is 1. The summed E-state index contributed by atoms with van der Waals surface area (Å²) in [4.78, 5) is 28.0. The number of rotatable bonds is 5. The number of carboxylic acids is 2. The summed E-state index contributed by atoms with van der Waals surface area (Å²) in [7, 11) is 1.81. The molecule has 1 aromatic heterocycles. The van der Waals surface area contributed by atoms with Gasteiger partial charge in [-0.05, 0) is 43.2 Å². The minimum Gasteiger partial charge on any atom is -0.480 e. The fourth-order valence-electron chi connectivity index (χ4n) is 4.55. The quantitative estimate of drug-likeness (QED) is 0.656. The predicted octanol–water partition coefficient (Wildman–Crippen LogP) is 3.44. The number of nitrogens with zero attached hydrogens (tertiary/aromatic N) is 3. The first-order chi connectivity index (χ1) is 14.8. The van der Waals surface area contributed by atoms with Crippen molar-refractivity contribution in [3.63, 3.8) is 0 Å². The van der Waals surface area contributed by atoms with Crippen LogP contribution in [0.1, 0.15) is 33.1 Å². The van der Waals surface area contributed by atoms with Crippen LogP contribution in [0.4, 0.5) is 5.69 Å². The molecule has 0 radical (unpaired) electrons. The summed E-state index contributed by atoms with van der Waals surface area (Å²) >= 11 is 0. The number of carbonyl (C=O) groups is 2. The number of aromatic nitrogens is 1. The van der Waals surface area contributed by atoms with Crippen LogP contribution in [0.15, 0.2) is 42.6 Å². The van der Waals surface area contributed by atoms with Crippen LogP contribution in [0, 0.1) is 13.8 Å². The van der Waals surface area contributed by atoms with Crippen LogP contribution in [0.25, 0.3) is 10.9 Å². The van der Waals surface area contributed by atoms with E-state index in [9.17, 15) is 19.8 Å². The molecule has 0 bridgehead atoms. The van der Waals surface area contributed by atoms with Gasteiger partial charge in [-0.1, -0.05) is 18.2 Å². The minimum atomic E-state index is -0.998. The van der Waals surface area contributed by atoms with Gasteiger partial charge in [0.25, 0.3) is 0 Å². The van der Waals surface area contributed by atoms with E-state index in [1.165, 1.54) is 22.9 Å². The molecule has 0 unspecified atom stereocenters. The van der Waals surface area contributed by atoms with Crippen LogP contribution in [-0.4, -0.2) is 57.8 Å². The Labute approximate surface area is 181 Å². The summed E-state index contributed by atoms with van der Waals surface area (Å²) in [6.07, 6.45) is 1.81. The lowest BCUT2D eigenvalue weighted by atomic mass is 10.0. The summed E-state index contributed by atoms with van der Waals surface area (Å²) < 4.78 is 1.80. The molecule has 0 spiro atoms. The fourth-order valence-corrected chi connectivity index (χ4v) is 4.55. The monoisotopic (exact) mass is 421 g/mol. The molecule has 0 aliphatic carbocycles. The Balaban J connectivity index is 1.62. The summed E-state index contributed by atoms with van der Waals surface area (Å²) in [5.41, 5.74) is 5.32. The number of hydrogen-bond donors (Lipinski definition) is 2. The molecule has 7 heteroatoms. The average molecular weight is 421 g/mol. The van der Waals surface area contributed by atoms with Gasteiger partial charge in [0.05, 0.1) is 5.56 Å². The number of fused-ring (bicyclic) bond motifs is 1. The van der Waals surface area contributed by atoms with Crippen molar-refractivity contribution in [3.8, 4) is 0 Å². The molecule has 2 N–H and O–H groups in total. The number of benzene rings is 2. The molecule has 1 fully saturated rings. The van der Waals surface area contributed by atoms with Gasteiger partial charge >= 0.3 is 11.9 Å². The molecule has 4 rings (SSSR count). The van der Waals surface area contributed by atoms with Crippen molar-refractivity contribution in [3.05, 3.63) is 64.8 Å². The normalized spacial score (nSPS) is 15.9. The summed E-state index contributed by atoms with van der Waals surface area (Å²) in [5.74, 6) is -1.89. The van der Waals surface area contributed by atoms with Gasteiger partial charge in [0.15, 0.2) is 0 Å². The lowest BCUT2D eigenvalue weighted by Gasteiger charge is -2.39. The molecular weight excluding hydrogens is 394 g/mol. The van der Waals surface area contributed by atoms with Gasteiger partial charge in [-0.3, -0.25) is 9.69 Å². The Kier molecular flexibility index (Phi) is 5.45. The van der Waals surface area contributed by atoms with Gasteiger partial charge in [0.1, 0.15) is 6.04 Å². The molecule has 1 aliphatic rings. The molecule has 3 aromatic rings. The molecule has 1 saturated heterocycles. The van der Waals surface area contributed by atoms with Gasteiger partial charge < -0.3 is 19.7 Å². The molecule has 1 aliphatic heterocycles. The van der Waals surface area contributed by atoms with E-state index < -0.39 is 18.0 Å². The molecule has 2 heterocycles. The molecule has 1 atom stereocenters. The van der Waals surface area contributed by atoms with Crippen molar-refractivity contribution in [1.82, 2.24) is 9.47 Å². The largest absolute Gasteiger partial charge is 0.480 e. The first-order valence-electron chi connectivity index (χ1n) is 10.4. The van der Waals surface area contributed by atoms with Crippen LogP contribution >= 0.6 is 0 Å². The highest BCUT2D eigenvalue weighted by Crippen LogP contribution is 2.32. The summed E-state index contributed by atoms with van der Waals surface area (Å²) in [6, 6.07) is 10.4. The fraction of sp³-hybridized carbons (Fsp3) is 0.333. The first-order valence-corrected chi connectivity index (χ1v) is 10.4. The molecule has 0 saturated carbocycles. The second-order valence-electron chi connectivity index (χ2n) is 8.22. The molecule has 2 aromatic carbocycles. The van der Waals surface area contributed by atoms with E-state index in [1.54, 1.807) is 16.7 Å². The zero-order chi connectivity index (χ0) is 22.3. The summed E-state index contributed by atoms with van der Waals surface area (Å²) in [5, 5.41) is 20.2. The van der Waals surface area contributed by atoms with Crippen LogP contribution < -0.4 is 4.90 Å². The SMILES string of the molecule is Cc1cccc(N2CCN([C@H](C(=O)O)c3cn(C)c4cc(C(=O)O)ccc34)CC2)c1C. The number of piperazine rings is 1. The van der Waals surface area contributed by atoms with E-state index >= 15 is 0 Å². The van der Waals surface area contributed by atoms with Crippen LogP contribution in [0.5, 0.6) is 0 Å².